The van der Waals surface area contributed by atoms with E-state index in [9.17, 15) is 10.5 Å². The van der Waals surface area contributed by atoms with Crippen molar-refractivity contribution in [2.45, 2.75) is 57.0 Å². The smallest absolute Gasteiger partial charge is 0.0991 e. The highest BCUT2D eigenvalue weighted by Crippen LogP contribution is 2.52. The van der Waals surface area contributed by atoms with Crippen LogP contribution in [0.25, 0.3) is 27.5 Å². The van der Waals surface area contributed by atoms with E-state index in [-0.39, 0.29) is 17.9 Å². The molecule has 43 heavy (non-hydrogen) atoms. The van der Waals surface area contributed by atoms with Crippen molar-refractivity contribution >= 4 is 33.2 Å². The van der Waals surface area contributed by atoms with Crippen LogP contribution >= 0.6 is 0 Å². The van der Waals surface area contributed by atoms with Gasteiger partial charge in [-0.3, -0.25) is 0 Å². The molecule has 0 radical (unpaired) electrons. The molecule has 0 spiro atoms. The van der Waals surface area contributed by atoms with Gasteiger partial charge in [0, 0.05) is 40.0 Å². The van der Waals surface area contributed by atoms with Gasteiger partial charge in [0.25, 0.3) is 0 Å². The highest BCUT2D eigenvalue weighted by molar-refractivity contribution is 6.11. The van der Waals surface area contributed by atoms with Crippen LogP contribution in [0, 0.1) is 46.3 Å². The summed E-state index contributed by atoms with van der Waals surface area (Å²) in [6.45, 7) is 2.38. The molecule has 1 fully saturated rings. The number of aromatic nitrogens is 1. The molecule has 0 amide bonds. The van der Waals surface area contributed by atoms with Gasteiger partial charge in [-0.25, -0.2) is 0 Å². The zero-order valence-electron chi connectivity index (χ0n) is 24.6. The van der Waals surface area contributed by atoms with Gasteiger partial charge in [0.1, 0.15) is 0 Å². The summed E-state index contributed by atoms with van der Waals surface area (Å²) < 4.78 is 2.46. The van der Waals surface area contributed by atoms with E-state index >= 15 is 0 Å². The van der Waals surface area contributed by atoms with E-state index in [1.807, 2.05) is 12.1 Å². The Kier molecular flexibility index (Phi) is 6.27. The second-order valence-electron chi connectivity index (χ2n) is 13.0. The molecular formula is C39H36N4. The van der Waals surface area contributed by atoms with Gasteiger partial charge in [0.05, 0.1) is 34.8 Å². The van der Waals surface area contributed by atoms with Gasteiger partial charge in [0.2, 0.25) is 0 Å². The fourth-order valence-corrected chi connectivity index (χ4v) is 8.85. The molecule has 4 aliphatic rings. The SMILES string of the molecule is C[C@@H]1C=CC(C2CCCCC2C#N)CC1N1c2ccccc2C2C=CC=C(n3c4ccccc4c4cc(C#N)ccc43)C21. The lowest BCUT2D eigenvalue weighted by atomic mass is 9.68. The molecule has 1 aromatic heterocycles. The summed E-state index contributed by atoms with van der Waals surface area (Å²) in [6, 6.07) is 29.3. The fraction of sp³-hybridized carbons (Fsp3) is 0.333. The molecule has 3 aliphatic carbocycles. The van der Waals surface area contributed by atoms with E-state index in [0.29, 0.717) is 29.4 Å². The first-order valence-corrected chi connectivity index (χ1v) is 15.9. The first-order chi connectivity index (χ1) is 21.2. The number of benzene rings is 3. The quantitative estimate of drug-likeness (QED) is 0.235. The normalized spacial score (nSPS) is 29.6. The molecule has 0 bridgehead atoms. The number of fused-ring (bicyclic) bond motifs is 6. The van der Waals surface area contributed by atoms with Gasteiger partial charge in [-0.15, -0.1) is 0 Å². The summed E-state index contributed by atoms with van der Waals surface area (Å²) in [5, 5.41) is 22.0. The summed E-state index contributed by atoms with van der Waals surface area (Å²) >= 11 is 0. The zero-order chi connectivity index (χ0) is 29.1. The van der Waals surface area contributed by atoms with Crippen LogP contribution in [0.4, 0.5) is 5.69 Å². The maximum absolute atomic E-state index is 10.0. The number of hydrogen-bond acceptors (Lipinski definition) is 3. The second kappa shape index (κ2) is 10.3. The fourth-order valence-electron chi connectivity index (χ4n) is 8.85. The van der Waals surface area contributed by atoms with E-state index in [1.165, 1.54) is 40.7 Å². The van der Waals surface area contributed by atoms with Crippen molar-refractivity contribution in [3.8, 4) is 12.1 Å². The van der Waals surface area contributed by atoms with Crippen LogP contribution in [0.2, 0.25) is 0 Å². The number of nitrogens with zero attached hydrogens (tertiary/aromatic N) is 4. The third-order valence-electron chi connectivity index (χ3n) is 10.8. The first kappa shape index (κ1) is 26.1. The molecule has 1 saturated carbocycles. The first-order valence-electron chi connectivity index (χ1n) is 15.9. The van der Waals surface area contributed by atoms with Crippen LogP contribution in [0.1, 0.15) is 56.1 Å². The lowest BCUT2D eigenvalue weighted by Crippen LogP contribution is -2.49. The summed E-state index contributed by atoms with van der Waals surface area (Å²) in [4.78, 5) is 2.75. The molecule has 0 N–H and O–H groups in total. The van der Waals surface area contributed by atoms with Crippen LogP contribution < -0.4 is 4.90 Å². The number of para-hydroxylation sites is 2. The highest BCUT2D eigenvalue weighted by Gasteiger charge is 2.47. The molecule has 2 heterocycles. The number of allylic oxidation sites excluding steroid dienone is 3. The number of hydrogen-bond donors (Lipinski definition) is 0. The molecule has 4 aromatic rings. The summed E-state index contributed by atoms with van der Waals surface area (Å²) in [6.07, 6.45) is 17.6. The van der Waals surface area contributed by atoms with Crippen LogP contribution in [-0.2, 0) is 0 Å². The molecule has 6 unspecified atom stereocenters. The third-order valence-corrected chi connectivity index (χ3v) is 10.8. The van der Waals surface area contributed by atoms with Crippen molar-refractivity contribution in [2.24, 2.45) is 23.7 Å². The number of nitriles is 2. The van der Waals surface area contributed by atoms with Crippen molar-refractivity contribution in [2.75, 3.05) is 4.90 Å². The van der Waals surface area contributed by atoms with Gasteiger partial charge in [-0.2, -0.15) is 10.5 Å². The average molecular weight is 561 g/mol. The molecule has 8 rings (SSSR count). The number of rotatable bonds is 3. The van der Waals surface area contributed by atoms with Gasteiger partial charge in [-0.05, 0) is 79.0 Å². The topological polar surface area (TPSA) is 55.8 Å². The van der Waals surface area contributed by atoms with Crippen molar-refractivity contribution in [1.29, 1.82) is 10.5 Å². The lowest BCUT2D eigenvalue weighted by Gasteiger charge is -2.46. The third kappa shape index (κ3) is 4.00. The van der Waals surface area contributed by atoms with Crippen LogP contribution in [-0.4, -0.2) is 16.7 Å². The molecule has 0 saturated heterocycles. The molecule has 7 atom stereocenters. The van der Waals surface area contributed by atoms with E-state index in [2.05, 4.69) is 114 Å². The minimum atomic E-state index is 0.148. The van der Waals surface area contributed by atoms with Crippen molar-refractivity contribution in [1.82, 2.24) is 4.57 Å². The Bertz CT molecular complexity index is 1910. The Morgan fingerprint density at radius 1 is 0.837 bits per heavy atom. The maximum atomic E-state index is 10.0. The molecule has 3 aromatic carbocycles. The van der Waals surface area contributed by atoms with Gasteiger partial charge in [-0.1, -0.05) is 80.5 Å². The van der Waals surface area contributed by atoms with E-state index in [4.69, 9.17) is 0 Å². The van der Waals surface area contributed by atoms with Gasteiger partial charge < -0.3 is 9.47 Å². The zero-order valence-corrected chi connectivity index (χ0v) is 24.6. The van der Waals surface area contributed by atoms with Crippen LogP contribution in [0.15, 0.2) is 97.1 Å². The molecule has 1 aliphatic heterocycles. The predicted octanol–water partition coefficient (Wildman–Crippen LogP) is 8.96. The Labute approximate surface area is 253 Å². The maximum Gasteiger partial charge on any atom is 0.0991 e. The van der Waals surface area contributed by atoms with E-state index < -0.39 is 0 Å². The van der Waals surface area contributed by atoms with Crippen LogP contribution in [0.3, 0.4) is 0 Å². The van der Waals surface area contributed by atoms with E-state index in [1.54, 1.807) is 0 Å². The monoisotopic (exact) mass is 560 g/mol. The van der Waals surface area contributed by atoms with Crippen molar-refractivity contribution in [3.05, 3.63) is 108 Å². The molecule has 4 nitrogen and oxygen atoms in total. The van der Waals surface area contributed by atoms with Crippen molar-refractivity contribution in [3.63, 3.8) is 0 Å². The van der Waals surface area contributed by atoms with Gasteiger partial charge >= 0.3 is 0 Å². The summed E-state index contributed by atoms with van der Waals surface area (Å²) in [5.41, 5.74) is 7.03. The molecule has 4 heteroatoms. The summed E-state index contributed by atoms with van der Waals surface area (Å²) in [5.74, 6) is 1.70. The van der Waals surface area contributed by atoms with E-state index in [0.717, 1.165) is 30.2 Å². The molecule has 212 valence electrons. The largest absolute Gasteiger partial charge is 0.358 e. The Balaban J connectivity index is 1.27. The minimum Gasteiger partial charge on any atom is -0.358 e. The lowest BCUT2D eigenvalue weighted by molar-refractivity contribution is 0.198. The molecular weight excluding hydrogens is 524 g/mol. The Morgan fingerprint density at radius 3 is 2.53 bits per heavy atom. The highest BCUT2D eigenvalue weighted by atomic mass is 15.3. The summed E-state index contributed by atoms with van der Waals surface area (Å²) in [7, 11) is 0. The average Bonchev–Trinajstić information content (AvgIpc) is 3.58. The van der Waals surface area contributed by atoms with Gasteiger partial charge in [0.15, 0.2) is 0 Å². The standard InChI is InChI=1S/C39H36N4/c1-25-17-19-27(29-10-3-2-9-28(29)24-41)22-38(25)43-35-15-7-4-11-30(35)32-13-8-16-37(39(32)43)42-34-14-6-5-12-31(34)33-21-26(23-40)18-20-36(33)42/h4-8,11-21,25,27-29,32,38-39H,2-3,9-10,22H2,1H3/t25-,27?,28?,29?,32?,38?,39?/m1/s1. The predicted molar refractivity (Wildman–Crippen MR) is 174 cm³/mol. The second-order valence-corrected chi connectivity index (χ2v) is 13.0. The Hall–Kier alpha value is -4.54. The van der Waals surface area contributed by atoms with Crippen molar-refractivity contribution < 1.29 is 0 Å². The minimum absolute atomic E-state index is 0.148. The Morgan fingerprint density at radius 2 is 1.65 bits per heavy atom. The number of anilines is 1. The van der Waals surface area contributed by atoms with Crippen LogP contribution in [0.5, 0.6) is 0 Å².